The lowest BCUT2D eigenvalue weighted by atomic mass is 9.88. The highest BCUT2D eigenvalue weighted by Gasteiger charge is 2.30. The maximum atomic E-state index is 11.8. The number of nitrogens with one attached hydrogen (secondary N) is 2. The normalized spacial score (nSPS) is 24.4. The van der Waals surface area contributed by atoms with E-state index >= 15 is 0 Å². The summed E-state index contributed by atoms with van der Waals surface area (Å²) >= 11 is 0. The van der Waals surface area contributed by atoms with Crippen LogP contribution in [0.25, 0.3) is 0 Å². The van der Waals surface area contributed by atoms with Crippen LogP contribution in [0.2, 0.25) is 0 Å². The molecule has 2 amide bonds. The molecule has 0 radical (unpaired) electrons. The number of carbonyl (C=O) groups is 2. The van der Waals surface area contributed by atoms with Gasteiger partial charge in [0.15, 0.2) is 0 Å². The Morgan fingerprint density at radius 2 is 1.56 bits per heavy atom. The predicted molar refractivity (Wildman–Crippen MR) is 66.2 cm³/mol. The fraction of sp³-hybridized carbons (Fsp3) is 0.833. The molecule has 0 aromatic carbocycles. The molecular formula is C12H22N2O4. The van der Waals surface area contributed by atoms with Crippen molar-refractivity contribution >= 4 is 12.0 Å². The second kappa shape index (κ2) is 6.04. The molecule has 0 aromatic rings. The summed E-state index contributed by atoms with van der Waals surface area (Å²) in [5, 5.41) is 23.1. The molecule has 1 saturated carbocycles. The quantitative estimate of drug-likeness (QED) is 0.596. The molecule has 1 aliphatic carbocycles. The molecule has 6 nitrogen and oxygen atoms in total. The molecule has 0 atom stereocenters. The van der Waals surface area contributed by atoms with Crippen molar-refractivity contribution in [2.75, 3.05) is 6.61 Å². The van der Waals surface area contributed by atoms with E-state index in [0.717, 1.165) is 25.7 Å². The third-order valence-electron chi connectivity index (χ3n) is 3.40. The molecule has 0 aromatic heterocycles. The van der Waals surface area contributed by atoms with Gasteiger partial charge < -0.3 is 20.8 Å². The van der Waals surface area contributed by atoms with Crippen LogP contribution in [-0.4, -0.2) is 40.9 Å². The van der Waals surface area contributed by atoms with Gasteiger partial charge >= 0.3 is 6.09 Å². The highest BCUT2D eigenvalue weighted by molar-refractivity contribution is 5.82. The number of carboxylic acid groups (broad SMARTS) is 1. The molecule has 0 unspecified atom stereocenters. The largest absolute Gasteiger partial charge is 0.465 e. The van der Waals surface area contributed by atoms with Gasteiger partial charge in [-0.1, -0.05) is 0 Å². The van der Waals surface area contributed by atoms with Crippen molar-refractivity contribution in [2.45, 2.75) is 51.6 Å². The summed E-state index contributed by atoms with van der Waals surface area (Å²) in [5.74, 6) is -0.153. The van der Waals surface area contributed by atoms with E-state index in [1.54, 1.807) is 13.8 Å². The van der Waals surface area contributed by atoms with Gasteiger partial charge in [-0.25, -0.2) is 4.79 Å². The summed E-state index contributed by atoms with van der Waals surface area (Å²) in [7, 11) is 0. The Bertz CT molecular complexity index is 309. The average Bonchev–Trinajstić information content (AvgIpc) is 2.31. The molecule has 0 bridgehead atoms. The summed E-state index contributed by atoms with van der Waals surface area (Å²) in [6, 6.07) is 0.0664. The molecule has 6 heteroatoms. The Labute approximate surface area is 107 Å². The number of hydrogen-bond donors (Lipinski definition) is 4. The zero-order valence-electron chi connectivity index (χ0n) is 10.9. The summed E-state index contributed by atoms with van der Waals surface area (Å²) in [6.45, 7) is 3.20. The summed E-state index contributed by atoms with van der Waals surface area (Å²) in [6.07, 6.45) is 1.99. The monoisotopic (exact) mass is 258 g/mol. The number of aliphatic hydroxyl groups is 1. The second-order valence-electron chi connectivity index (χ2n) is 5.51. The summed E-state index contributed by atoms with van der Waals surface area (Å²) in [5.41, 5.74) is -0.768. The lowest BCUT2D eigenvalue weighted by Crippen LogP contribution is -2.47. The molecule has 0 saturated heterocycles. The maximum absolute atomic E-state index is 11.8. The van der Waals surface area contributed by atoms with Crippen molar-refractivity contribution in [2.24, 2.45) is 5.41 Å². The fourth-order valence-corrected chi connectivity index (χ4v) is 2.01. The van der Waals surface area contributed by atoms with E-state index in [1.807, 2.05) is 0 Å². The number of amides is 2. The van der Waals surface area contributed by atoms with E-state index in [2.05, 4.69) is 10.6 Å². The van der Waals surface area contributed by atoms with Crippen LogP contribution in [0.5, 0.6) is 0 Å². The predicted octanol–water partition coefficient (Wildman–Crippen LogP) is 0.700. The van der Waals surface area contributed by atoms with Gasteiger partial charge in [0, 0.05) is 12.1 Å². The van der Waals surface area contributed by atoms with Crippen LogP contribution in [0.15, 0.2) is 0 Å². The zero-order valence-corrected chi connectivity index (χ0v) is 10.9. The van der Waals surface area contributed by atoms with E-state index in [9.17, 15) is 9.59 Å². The molecule has 0 heterocycles. The molecule has 0 aliphatic heterocycles. The SMILES string of the molecule is CC(C)(CO)C(=O)NC1CCC(NC(=O)O)CC1. The average molecular weight is 258 g/mol. The molecule has 4 N–H and O–H groups in total. The zero-order chi connectivity index (χ0) is 13.8. The second-order valence-corrected chi connectivity index (χ2v) is 5.51. The first-order valence-electron chi connectivity index (χ1n) is 6.26. The van der Waals surface area contributed by atoms with Crippen molar-refractivity contribution in [3.63, 3.8) is 0 Å². The van der Waals surface area contributed by atoms with Crippen LogP contribution in [0.1, 0.15) is 39.5 Å². The van der Waals surface area contributed by atoms with Gasteiger partial charge in [-0.15, -0.1) is 0 Å². The van der Waals surface area contributed by atoms with Crippen LogP contribution in [0, 0.1) is 5.41 Å². The van der Waals surface area contributed by atoms with Crippen LogP contribution < -0.4 is 10.6 Å². The van der Waals surface area contributed by atoms with Gasteiger partial charge in [-0.2, -0.15) is 0 Å². The highest BCUT2D eigenvalue weighted by Crippen LogP contribution is 2.21. The number of rotatable bonds is 4. The number of aliphatic hydroxyl groups excluding tert-OH is 1. The Morgan fingerprint density at radius 3 is 1.94 bits per heavy atom. The molecule has 18 heavy (non-hydrogen) atoms. The van der Waals surface area contributed by atoms with E-state index in [1.165, 1.54) is 0 Å². The molecule has 1 fully saturated rings. The Morgan fingerprint density at radius 1 is 1.11 bits per heavy atom. The first-order valence-corrected chi connectivity index (χ1v) is 6.26. The van der Waals surface area contributed by atoms with Gasteiger partial charge in [-0.3, -0.25) is 4.79 Å². The van der Waals surface area contributed by atoms with Crippen molar-refractivity contribution < 1.29 is 19.8 Å². The van der Waals surface area contributed by atoms with Crippen molar-refractivity contribution in [1.82, 2.24) is 10.6 Å². The lowest BCUT2D eigenvalue weighted by Gasteiger charge is -2.31. The van der Waals surface area contributed by atoms with E-state index in [-0.39, 0.29) is 24.6 Å². The minimum Gasteiger partial charge on any atom is -0.465 e. The Balaban J connectivity index is 2.36. The minimum absolute atomic E-state index is 0.0125. The summed E-state index contributed by atoms with van der Waals surface area (Å²) < 4.78 is 0. The first kappa shape index (κ1) is 14.8. The molecule has 104 valence electrons. The van der Waals surface area contributed by atoms with Crippen LogP contribution >= 0.6 is 0 Å². The van der Waals surface area contributed by atoms with Gasteiger partial charge in [0.1, 0.15) is 0 Å². The molecule has 1 aliphatic rings. The lowest BCUT2D eigenvalue weighted by molar-refractivity contribution is -0.132. The van der Waals surface area contributed by atoms with Crippen molar-refractivity contribution in [1.29, 1.82) is 0 Å². The molecule has 1 rings (SSSR count). The van der Waals surface area contributed by atoms with Crippen molar-refractivity contribution in [3.05, 3.63) is 0 Å². The maximum Gasteiger partial charge on any atom is 0.404 e. The number of hydrogen-bond acceptors (Lipinski definition) is 3. The fourth-order valence-electron chi connectivity index (χ4n) is 2.01. The van der Waals surface area contributed by atoms with Gasteiger partial charge in [0.25, 0.3) is 0 Å². The third-order valence-corrected chi connectivity index (χ3v) is 3.40. The van der Waals surface area contributed by atoms with Gasteiger partial charge in [-0.05, 0) is 39.5 Å². The van der Waals surface area contributed by atoms with E-state index in [4.69, 9.17) is 10.2 Å². The first-order chi connectivity index (χ1) is 8.35. The molecular weight excluding hydrogens is 236 g/mol. The summed E-state index contributed by atoms with van der Waals surface area (Å²) in [4.78, 5) is 22.3. The van der Waals surface area contributed by atoms with E-state index in [0.29, 0.717) is 0 Å². The van der Waals surface area contributed by atoms with Crippen LogP contribution in [0.3, 0.4) is 0 Å². The van der Waals surface area contributed by atoms with Gasteiger partial charge in [0.05, 0.1) is 12.0 Å². The van der Waals surface area contributed by atoms with Crippen LogP contribution in [0.4, 0.5) is 4.79 Å². The standard InChI is InChI=1S/C12H22N2O4/c1-12(2,7-15)10(16)13-8-3-5-9(6-4-8)14-11(17)18/h8-9,14-15H,3-7H2,1-2H3,(H,13,16)(H,17,18). The Hall–Kier alpha value is -1.30. The Kier molecular flexibility index (Phi) is 4.95. The number of carbonyl (C=O) groups excluding carboxylic acids is 1. The van der Waals surface area contributed by atoms with E-state index < -0.39 is 11.5 Å². The smallest absolute Gasteiger partial charge is 0.404 e. The topological polar surface area (TPSA) is 98.7 Å². The van der Waals surface area contributed by atoms with Gasteiger partial charge in [0.2, 0.25) is 5.91 Å². The highest BCUT2D eigenvalue weighted by atomic mass is 16.4. The van der Waals surface area contributed by atoms with Crippen molar-refractivity contribution in [3.8, 4) is 0 Å². The van der Waals surface area contributed by atoms with Crippen LogP contribution in [-0.2, 0) is 4.79 Å². The molecule has 0 spiro atoms. The third kappa shape index (κ3) is 4.18. The minimum atomic E-state index is -0.996.